The highest BCUT2D eigenvalue weighted by Gasteiger charge is 2.55. The van der Waals surface area contributed by atoms with Crippen LogP contribution < -0.4 is 10.6 Å². The van der Waals surface area contributed by atoms with Crippen LogP contribution >= 0.6 is 11.3 Å². The Labute approximate surface area is 185 Å². The van der Waals surface area contributed by atoms with Gasteiger partial charge in [0, 0.05) is 10.9 Å². The van der Waals surface area contributed by atoms with Crippen LogP contribution in [0.2, 0.25) is 0 Å². The van der Waals surface area contributed by atoms with Gasteiger partial charge in [-0.3, -0.25) is 14.5 Å². The van der Waals surface area contributed by atoms with Crippen molar-refractivity contribution in [2.45, 2.75) is 18.4 Å². The second-order valence-electron chi connectivity index (χ2n) is 7.59. The predicted molar refractivity (Wildman–Crippen MR) is 113 cm³/mol. The first-order valence-electron chi connectivity index (χ1n) is 9.81. The normalized spacial score (nSPS) is 19.4. The van der Waals surface area contributed by atoms with Gasteiger partial charge in [0.1, 0.15) is 23.7 Å². The molecule has 1 aromatic heterocycles. The lowest BCUT2D eigenvalue weighted by Gasteiger charge is -2.22. The molecule has 7 nitrogen and oxygen atoms in total. The maximum Gasteiger partial charge on any atom is 0.325 e. The summed E-state index contributed by atoms with van der Waals surface area (Å²) in [5.41, 5.74) is 0.740. The van der Waals surface area contributed by atoms with Crippen molar-refractivity contribution in [3.8, 4) is 11.3 Å². The number of carbonyl (C=O) groups excluding carboxylic acids is 3. The number of aryl methyl sites for hydroxylation is 1. The molecule has 162 valence electrons. The van der Waals surface area contributed by atoms with Gasteiger partial charge in [-0.25, -0.2) is 18.6 Å². The van der Waals surface area contributed by atoms with E-state index in [-0.39, 0.29) is 16.4 Å². The first kappa shape index (κ1) is 20.3. The molecule has 1 saturated heterocycles. The molecule has 3 aromatic rings. The number of imide groups is 1. The number of anilines is 1. The molecule has 2 heterocycles. The third-order valence-corrected chi connectivity index (χ3v) is 6.44. The zero-order valence-electron chi connectivity index (χ0n) is 16.5. The number of amides is 4. The van der Waals surface area contributed by atoms with Crippen molar-refractivity contribution in [1.82, 2.24) is 15.2 Å². The summed E-state index contributed by atoms with van der Waals surface area (Å²) >= 11 is 1.02. The molecule has 1 fully saturated rings. The Balaban J connectivity index is 1.30. The number of nitrogens with one attached hydrogen (secondary N) is 2. The number of halogens is 2. The minimum atomic E-state index is -1.14. The molecular weight excluding hydrogens is 438 g/mol. The summed E-state index contributed by atoms with van der Waals surface area (Å²) in [6.45, 7) is -0.488. The van der Waals surface area contributed by atoms with E-state index in [9.17, 15) is 23.2 Å². The van der Waals surface area contributed by atoms with Crippen LogP contribution in [0, 0.1) is 11.6 Å². The van der Waals surface area contributed by atoms with Crippen LogP contribution in [0.3, 0.4) is 0 Å². The molecule has 2 N–H and O–H groups in total. The van der Waals surface area contributed by atoms with Crippen molar-refractivity contribution in [3.63, 3.8) is 0 Å². The molecule has 1 unspecified atom stereocenters. The average Bonchev–Trinajstić information content (AvgIpc) is 3.44. The Hall–Kier alpha value is -3.66. The molecule has 32 heavy (non-hydrogen) atoms. The van der Waals surface area contributed by atoms with E-state index in [0.29, 0.717) is 12.8 Å². The van der Waals surface area contributed by atoms with Crippen molar-refractivity contribution in [2.24, 2.45) is 0 Å². The van der Waals surface area contributed by atoms with Crippen LogP contribution in [0.15, 0.2) is 47.8 Å². The van der Waals surface area contributed by atoms with Crippen LogP contribution in [0.5, 0.6) is 0 Å². The molecule has 4 amide bonds. The van der Waals surface area contributed by atoms with Gasteiger partial charge in [0.15, 0.2) is 5.13 Å². The van der Waals surface area contributed by atoms with Crippen LogP contribution in [0.25, 0.3) is 11.3 Å². The van der Waals surface area contributed by atoms with E-state index in [1.165, 1.54) is 5.38 Å². The SMILES string of the molecule is O=C(CN1C(=O)NC2(CCc3ccccc32)C1=O)Nc1nc(-c2cc(F)ccc2F)cs1. The number of thiazole rings is 1. The van der Waals surface area contributed by atoms with E-state index in [4.69, 9.17) is 0 Å². The monoisotopic (exact) mass is 454 g/mol. The van der Waals surface area contributed by atoms with Crippen molar-refractivity contribution in [1.29, 1.82) is 0 Å². The van der Waals surface area contributed by atoms with E-state index in [1.54, 1.807) is 0 Å². The fraction of sp³-hybridized carbons (Fsp3) is 0.182. The highest BCUT2D eigenvalue weighted by atomic mass is 32.1. The van der Waals surface area contributed by atoms with Crippen LogP contribution in [0.1, 0.15) is 17.5 Å². The molecule has 2 aromatic carbocycles. The molecule has 1 spiro atoms. The average molecular weight is 454 g/mol. The van der Waals surface area contributed by atoms with Gasteiger partial charge in [-0.2, -0.15) is 0 Å². The first-order valence-corrected chi connectivity index (χ1v) is 10.7. The number of aromatic nitrogens is 1. The van der Waals surface area contributed by atoms with Gasteiger partial charge in [-0.05, 0) is 42.2 Å². The maximum atomic E-state index is 14.0. The van der Waals surface area contributed by atoms with Gasteiger partial charge in [0.25, 0.3) is 5.91 Å². The standard InChI is InChI=1S/C22H16F2N4O3S/c23-13-5-6-16(24)14(9-13)17-11-32-20(25-17)26-18(29)10-28-19(30)22(27-21(28)31)8-7-12-3-1-2-4-15(12)22/h1-6,9,11H,7-8,10H2,(H,27,31)(H,25,26,29). The number of benzene rings is 2. The summed E-state index contributed by atoms with van der Waals surface area (Å²) in [6.07, 6.45) is 1.09. The summed E-state index contributed by atoms with van der Waals surface area (Å²) in [6, 6.07) is 9.79. The fourth-order valence-corrected chi connectivity index (χ4v) is 4.91. The minimum Gasteiger partial charge on any atom is -0.319 e. The number of rotatable bonds is 4. The van der Waals surface area contributed by atoms with E-state index < -0.39 is 41.6 Å². The quantitative estimate of drug-likeness (QED) is 0.591. The minimum absolute atomic E-state index is 0.0299. The lowest BCUT2D eigenvalue weighted by molar-refractivity contribution is -0.134. The number of fused-ring (bicyclic) bond motifs is 2. The Morgan fingerprint density at radius 1 is 1.22 bits per heavy atom. The third kappa shape index (κ3) is 3.23. The summed E-state index contributed by atoms with van der Waals surface area (Å²) in [5, 5.41) is 6.89. The lowest BCUT2D eigenvalue weighted by atomic mass is 9.92. The van der Waals surface area contributed by atoms with Crippen molar-refractivity contribution < 1.29 is 23.2 Å². The van der Waals surface area contributed by atoms with Gasteiger partial charge < -0.3 is 10.6 Å². The summed E-state index contributed by atoms with van der Waals surface area (Å²) in [5.74, 6) is -2.35. The Bertz CT molecular complexity index is 1280. The van der Waals surface area contributed by atoms with Gasteiger partial charge in [-0.1, -0.05) is 24.3 Å². The molecular formula is C22H16F2N4O3S. The van der Waals surface area contributed by atoms with E-state index in [1.807, 2.05) is 24.3 Å². The fourth-order valence-electron chi connectivity index (χ4n) is 4.18. The smallest absolute Gasteiger partial charge is 0.319 e. The zero-order chi connectivity index (χ0) is 22.5. The zero-order valence-corrected chi connectivity index (χ0v) is 17.3. The third-order valence-electron chi connectivity index (χ3n) is 5.68. The number of urea groups is 1. The van der Waals surface area contributed by atoms with Crippen molar-refractivity contribution in [3.05, 3.63) is 70.6 Å². The summed E-state index contributed by atoms with van der Waals surface area (Å²) in [7, 11) is 0. The van der Waals surface area contributed by atoms with Gasteiger partial charge in [-0.15, -0.1) is 11.3 Å². The number of carbonyl (C=O) groups is 3. The highest BCUT2D eigenvalue weighted by Crippen LogP contribution is 2.41. The van der Waals surface area contributed by atoms with E-state index >= 15 is 0 Å². The summed E-state index contributed by atoms with van der Waals surface area (Å²) in [4.78, 5) is 43.2. The molecule has 1 aliphatic carbocycles. The second-order valence-corrected chi connectivity index (χ2v) is 8.45. The van der Waals surface area contributed by atoms with Crippen LogP contribution in [-0.2, 0) is 21.5 Å². The van der Waals surface area contributed by atoms with Crippen LogP contribution in [-0.4, -0.2) is 34.3 Å². The second kappa shape index (κ2) is 7.49. The summed E-state index contributed by atoms with van der Waals surface area (Å²) < 4.78 is 27.4. The first-order chi connectivity index (χ1) is 15.4. The molecule has 0 radical (unpaired) electrons. The number of hydrogen-bond donors (Lipinski definition) is 2. The molecule has 5 rings (SSSR count). The maximum absolute atomic E-state index is 14.0. The topological polar surface area (TPSA) is 91.4 Å². The largest absolute Gasteiger partial charge is 0.325 e. The van der Waals surface area contributed by atoms with Gasteiger partial charge in [0.05, 0.1) is 5.69 Å². The van der Waals surface area contributed by atoms with E-state index in [0.717, 1.165) is 45.6 Å². The Morgan fingerprint density at radius 3 is 2.88 bits per heavy atom. The molecule has 0 saturated carbocycles. The van der Waals surface area contributed by atoms with Gasteiger partial charge in [0.2, 0.25) is 5.91 Å². The number of hydrogen-bond acceptors (Lipinski definition) is 5. The van der Waals surface area contributed by atoms with E-state index in [2.05, 4.69) is 15.6 Å². The molecule has 1 atom stereocenters. The molecule has 2 aliphatic rings. The van der Waals surface area contributed by atoms with Crippen molar-refractivity contribution in [2.75, 3.05) is 11.9 Å². The number of nitrogens with zero attached hydrogens (tertiary/aromatic N) is 2. The van der Waals surface area contributed by atoms with Crippen molar-refractivity contribution >= 4 is 34.3 Å². The lowest BCUT2D eigenvalue weighted by Crippen LogP contribution is -2.42. The predicted octanol–water partition coefficient (Wildman–Crippen LogP) is 3.42. The van der Waals surface area contributed by atoms with Crippen LogP contribution in [0.4, 0.5) is 18.7 Å². The molecule has 10 heteroatoms. The Morgan fingerprint density at radius 2 is 2.03 bits per heavy atom. The molecule has 0 bridgehead atoms. The highest BCUT2D eigenvalue weighted by molar-refractivity contribution is 7.14. The Kier molecular flexibility index (Phi) is 4.74. The van der Waals surface area contributed by atoms with Gasteiger partial charge >= 0.3 is 6.03 Å². The molecule has 1 aliphatic heterocycles.